The molecule has 1 N–H and O–H groups in total. The molecule has 0 saturated heterocycles. The van der Waals surface area contributed by atoms with Crippen LogP contribution in [-0.4, -0.2) is 29.1 Å². The van der Waals surface area contributed by atoms with E-state index in [9.17, 15) is 5.11 Å². The Balaban J connectivity index is 0. The van der Waals surface area contributed by atoms with Crippen LogP contribution < -0.4 is 0 Å². The van der Waals surface area contributed by atoms with E-state index in [0.29, 0.717) is 6.61 Å². The lowest BCUT2D eigenvalue weighted by atomic mass is 10.1. The van der Waals surface area contributed by atoms with Crippen molar-refractivity contribution in [2.45, 2.75) is 123 Å². The minimum absolute atomic E-state index is 0.535. The highest BCUT2D eigenvalue weighted by Crippen LogP contribution is 2.11. The van der Waals surface area contributed by atoms with E-state index in [2.05, 4.69) is 42.4 Å². The summed E-state index contributed by atoms with van der Waals surface area (Å²) in [7, 11) is 0. The number of rotatable bonds is 19. The van der Waals surface area contributed by atoms with Crippen LogP contribution in [-0.2, 0) is 4.74 Å². The Kier molecular flexibility index (Phi) is 31.1. The molecule has 1 unspecified atom stereocenters. The molecule has 4 heteroatoms. The maximum atomic E-state index is 9.66. The standard InChI is InChI=1S/C16H33BrO2.C6H14S/c1-2-3-4-5-6-7-10-13-16(18)19-15-12-9-8-11-14-17;1-2-3-4-5-6-7/h16,18H,2-15H2,1H3;7H,2-6H2,1H3. The Morgan fingerprint density at radius 3 is 1.81 bits per heavy atom. The number of aliphatic hydroxyl groups is 1. The minimum atomic E-state index is -0.535. The number of unbranched alkanes of at least 4 members (excludes halogenated alkanes) is 12. The summed E-state index contributed by atoms with van der Waals surface area (Å²) < 4.78 is 5.41. The van der Waals surface area contributed by atoms with Crippen molar-refractivity contribution in [2.24, 2.45) is 0 Å². The number of halogens is 1. The summed E-state index contributed by atoms with van der Waals surface area (Å²) in [4.78, 5) is 0. The molecular formula is C22H47BrO2S. The second-order valence-electron chi connectivity index (χ2n) is 7.12. The molecule has 0 aromatic carbocycles. The Hall–Kier alpha value is 0.750. The summed E-state index contributed by atoms with van der Waals surface area (Å²) in [5.41, 5.74) is 0. The molecule has 160 valence electrons. The van der Waals surface area contributed by atoms with Crippen LogP contribution in [0.2, 0.25) is 0 Å². The van der Waals surface area contributed by atoms with Gasteiger partial charge in [0.05, 0.1) is 0 Å². The lowest BCUT2D eigenvalue weighted by Crippen LogP contribution is -2.12. The minimum Gasteiger partial charge on any atom is -0.368 e. The van der Waals surface area contributed by atoms with Gasteiger partial charge in [-0.05, 0) is 37.9 Å². The topological polar surface area (TPSA) is 29.5 Å². The van der Waals surface area contributed by atoms with E-state index < -0.39 is 6.29 Å². The first-order valence-electron chi connectivity index (χ1n) is 11.2. The van der Waals surface area contributed by atoms with Crippen molar-refractivity contribution in [1.82, 2.24) is 0 Å². The van der Waals surface area contributed by atoms with Crippen molar-refractivity contribution >= 4 is 28.6 Å². The smallest absolute Gasteiger partial charge is 0.154 e. The van der Waals surface area contributed by atoms with E-state index >= 15 is 0 Å². The van der Waals surface area contributed by atoms with Gasteiger partial charge in [0, 0.05) is 11.9 Å². The zero-order chi connectivity index (χ0) is 19.7. The highest BCUT2D eigenvalue weighted by atomic mass is 79.9. The molecule has 0 heterocycles. The maximum absolute atomic E-state index is 9.66. The molecule has 0 fully saturated rings. The predicted octanol–water partition coefficient (Wildman–Crippen LogP) is 7.91. The summed E-state index contributed by atoms with van der Waals surface area (Å²) in [6.07, 6.45) is 19.4. The van der Waals surface area contributed by atoms with Gasteiger partial charge in [0.2, 0.25) is 0 Å². The molecule has 0 aliphatic carbocycles. The van der Waals surface area contributed by atoms with Crippen molar-refractivity contribution < 1.29 is 9.84 Å². The third-order valence-corrected chi connectivity index (χ3v) is 5.28. The summed E-state index contributed by atoms with van der Waals surface area (Å²) in [6, 6.07) is 0. The normalized spacial score (nSPS) is 11.9. The molecule has 0 aromatic rings. The Labute approximate surface area is 178 Å². The van der Waals surface area contributed by atoms with Crippen molar-refractivity contribution in [2.75, 3.05) is 17.7 Å². The van der Waals surface area contributed by atoms with Gasteiger partial charge in [0.1, 0.15) is 0 Å². The quantitative estimate of drug-likeness (QED) is 0.0897. The van der Waals surface area contributed by atoms with Gasteiger partial charge in [-0.3, -0.25) is 0 Å². The largest absolute Gasteiger partial charge is 0.368 e. The Morgan fingerprint density at radius 1 is 0.731 bits per heavy atom. The molecule has 0 bridgehead atoms. The van der Waals surface area contributed by atoms with Crippen LogP contribution in [0.5, 0.6) is 0 Å². The molecule has 2 nitrogen and oxygen atoms in total. The van der Waals surface area contributed by atoms with Gasteiger partial charge in [-0.25, -0.2) is 0 Å². The highest BCUT2D eigenvalue weighted by molar-refractivity contribution is 9.09. The van der Waals surface area contributed by atoms with Crippen molar-refractivity contribution in [3.05, 3.63) is 0 Å². The molecule has 0 radical (unpaired) electrons. The Morgan fingerprint density at radius 2 is 1.23 bits per heavy atom. The van der Waals surface area contributed by atoms with Gasteiger partial charge in [-0.15, -0.1) is 0 Å². The van der Waals surface area contributed by atoms with Crippen LogP contribution in [0.1, 0.15) is 117 Å². The second kappa shape index (κ2) is 28.0. The molecule has 0 saturated carbocycles. The fourth-order valence-corrected chi connectivity index (χ4v) is 3.29. The SMILES string of the molecule is CCCCCCCCCC(O)OCCCCCCBr.CCCCCCS. The molecule has 26 heavy (non-hydrogen) atoms. The van der Waals surface area contributed by atoms with E-state index in [4.69, 9.17) is 4.74 Å². The molecule has 0 aromatic heterocycles. The summed E-state index contributed by atoms with van der Waals surface area (Å²) in [5.74, 6) is 1.06. The van der Waals surface area contributed by atoms with Crippen LogP contribution >= 0.6 is 28.6 Å². The van der Waals surface area contributed by atoms with Crippen LogP contribution in [0.25, 0.3) is 0 Å². The number of alkyl halides is 1. The second-order valence-corrected chi connectivity index (χ2v) is 8.36. The van der Waals surface area contributed by atoms with E-state index in [1.165, 1.54) is 83.5 Å². The Bertz CT molecular complexity index is 226. The first-order valence-corrected chi connectivity index (χ1v) is 12.9. The predicted molar refractivity (Wildman–Crippen MR) is 125 cm³/mol. The van der Waals surface area contributed by atoms with Gasteiger partial charge >= 0.3 is 0 Å². The van der Waals surface area contributed by atoms with Crippen LogP contribution in [0.3, 0.4) is 0 Å². The number of thiol groups is 1. The lowest BCUT2D eigenvalue weighted by Gasteiger charge is -2.11. The monoisotopic (exact) mass is 454 g/mol. The molecule has 0 rings (SSSR count). The maximum Gasteiger partial charge on any atom is 0.154 e. The third-order valence-electron chi connectivity index (χ3n) is 4.40. The average molecular weight is 456 g/mol. The summed E-state index contributed by atoms with van der Waals surface area (Å²) in [5, 5.41) is 10.8. The van der Waals surface area contributed by atoms with E-state index in [1.807, 2.05) is 0 Å². The van der Waals surface area contributed by atoms with Gasteiger partial charge in [-0.2, -0.15) is 12.6 Å². The summed E-state index contributed by atoms with van der Waals surface area (Å²) in [6.45, 7) is 5.17. The van der Waals surface area contributed by atoms with Gasteiger partial charge in [0.15, 0.2) is 6.29 Å². The number of hydrogen-bond acceptors (Lipinski definition) is 3. The fourth-order valence-electron chi connectivity index (χ4n) is 2.67. The van der Waals surface area contributed by atoms with Gasteiger partial charge < -0.3 is 9.84 Å². The van der Waals surface area contributed by atoms with Crippen molar-refractivity contribution in [1.29, 1.82) is 0 Å². The fraction of sp³-hybridized carbons (Fsp3) is 1.00. The first-order chi connectivity index (χ1) is 12.7. The molecule has 0 aliphatic heterocycles. The van der Waals surface area contributed by atoms with Crippen LogP contribution in [0.15, 0.2) is 0 Å². The van der Waals surface area contributed by atoms with Crippen molar-refractivity contribution in [3.8, 4) is 0 Å². The molecular weight excluding hydrogens is 408 g/mol. The van der Waals surface area contributed by atoms with Crippen LogP contribution in [0.4, 0.5) is 0 Å². The van der Waals surface area contributed by atoms with E-state index in [-0.39, 0.29) is 0 Å². The van der Waals surface area contributed by atoms with Gasteiger partial charge in [0.25, 0.3) is 0 Å². The first kappa shape index (κ1) is 29.0. The molecule has 0 aliphatic rings. The molecule has 1 atom stereocenters. The number of hydrogen-bond donors (Lipinski definition) is 2. The summed E-state index contributed by atoms with van der Waals surface area (Å²) >= 11 is 7.52. The van der Waals surface area contributed by atoms with E-state index in [0.717, 1.165) is 30.3 Å². The average Bonchev–Trinajstić information content (AvgIpc) is 2.65. The third kappa shape index (κ3) is 29.5. The molecule has 0 spiro atoms. The zero-order valence-corrected chi connectivity index (χ0v) is 20.2. The zero-order valence-electron chi connectivity index (χ0n) is 17.7. The van der Waals surface area contributed by atoms with Gasteiger partial charge in [-0.1, -0.05) is 100 Å². The number of aliphatic hydroxyl groups excluding tert-OH is 1. The van der Waals surface area contributed by atoms with Crippen LogP contribution in [0, 0.1) is 0 Å². The molecule has 0 amide bonds. The van der Waals surface area contributed by atoms with Crippen molar-refractivity contribution in [3.63, 3.8) is 0 Å². The number of ether oxygens (including phenoxy) is 1. The highest BCUT2D eigenvalue weighted by Gasteiger charge is 2.03. The van der Waals surface area contributed by atoms with E-state index in [1.54, 1.807) is 0 Å². The lowest BCUT2D eigenvalue weighted by molar-refractivity contribution is -0.105.